The Morgan fingerprint density at radius 1 is 0.611 bits per heavy atom. The third kappa shape index (κ3) is 16.4. The van der Waals surface area contributed by atoms with E-state index in [1.807, 2.05) is 0 Å². The van der Waals surface area contributed by atoms with Gasteiger partial charge in [-0.15, -0.1) is 0 Å². The molecule has 0 saturated carbocycles. The van der Waals surface area contributed by atoms with Crippen LogP contribution in [0.3, 0.4) is 0 Å². The Balaban J connectivity index is 2.86. The van der Waals surface area contributed by atoms with Gasteiger partial charge in [-0.1, -0.05) is 84.5 Å². The van der Waals surface area contributed by atoms with Crippen molar-refractivity contribution in [3.8, 4) is 0 Å². The van der Waals surface area contributed by atoms with Crippen molar-refractivity contribution < 1.29 is 0 Å². The predicted octanol–water partition coefficient (Wildman–Crippen LogP) is 6.99. The van der Waals surface area contributed by atoms with Gasteiger partial charge in [-0.2, -0.15) is 11.8 Å². The summed E-state index contributed by atoms with van der Waals surface area (Å²) >= 11 is 2.05. The summed E-state index contributed by atoms with van der Waals surface area (Å²) in [5, 5.41) is 0. The maximum Gasteiger partial charge on any atom is 0.0166 e. The molecule has 1 radical (unpaired) electrons. The van der Waals surface area contributed by atoms with Crippen molar-refractivity contribution >= 4 is 11.8 Å². The summed E-state index contributed by atoms with van der Waals surface area (Å²) in [5.41, 5.74) is 0. The minimum atomic E-state index is 1.33. The lowest BCUT2D eigenvalue weighted by Gasteiger charge is -2.02. The minimum absolute atomic E-state index is 1.33. The highest BCUT2D eigenvalue weighted by Gasteiger charge is 1.94. The Morgan fingerprint density at radius 2 is 1.11 bits per heavy atom. The van der Waals surface area contributed by atoms with Gasteiger partial charge in [0, 0.05) is 5.75 Å². The topological polar surface area (TPSA) is 0 Å². The highest BCUT2D eigenvalue weighted by molar-refractivity contribution is 8.01. The van der Waals surface area contributed by atoms with E-state index in [9.17, 15) is 0 Å². The number of hydrogen-bond acceptors (Lipinski definition) is 1. The molecule has 0 spiro atoms. The van der Waals surface area contributed by atoms with Crippen LogP contribution in [0.2, 0.25) is 0 Å². The van der Waals surface area contributed by atoms with Crippen LogP contribution >= 0.6 is 11.8 Å². The molecule has 0 unspecified atom stereocenters. The summed E-state index contributed by atoms with van der Waals surface area (Å²) in [6, 6.07) is 0. The molecule has 0 saturated heterocycles. The first-order valence-corrected chi connectivity index (χ1v) is 9.40. The Kier molecular flexibility index (Phi) is 17.7. The Morgan fingerprint density at radius 3 is 1.72 bits per heavy atom. The normalized spacial score (nSPS) is 11.0. The smallest absolute Gasteiger partial charge is 0.0166 e. The van der Waals surface area contributed by atoms with Crippen LogP contribution in [-0.4, -0.2) is 5.75 Å². The molecule has 0 bridgehead atoms. The van der Waals surface area contributed by atoms with E-state index in [0.29, 0.717) is 0 Å². The molecule has 0 aromatic rings. The van der Waals surface area contributed by atoms with Crippen LogP contribution in [-0.2, 0) is 0 Å². The molecule has 0 rings (SSSR count). The van der Waals surface area contributed by atoms with Crippen LogP contribution in [0.15, 0.2) is 0 Å². The second-order valence-electron chi connectivity index (χ2n) is 5.36. The monoisotopic (exact) mass is 271 g/mol. The summed E-state index contributed by atoms with van der Waals surface area (Å²) in [4.78, 5) is 0. The molecule has 0 aromatic carbocycles. The average Bonchev–Trinajstić information content (AvgIpc) is 2.39. The van der Waals surface area contributed by atoms with Gasteiger partial charge >= 0.3 is 0 Å². The fourth-order valence-corrected chi connectivity index (χ4v) is 3.01. The molecular formula is C17H35S. The largest absolute Gasteiger partial charge is 0.157 e. The molecule has 1 heteroatoms. The van der Waals surface area contributed by atoms with Gasteiger partial charge in [0.25, 0.3) is 0 Å². The maximum absolute atomic E-state index is 2.45. The van der Waals surface area contributed by atoms with Gasteiger partial charge in [0.1, 0.15) is 0 Å². The fourth-order valence-electron chi connectivity index (χ4n) is 2.14. The maximum atomic E-state index is 2.45. The lowest BCUT2D eigenvalue weighted by atomic mass is 10.1. The molecular weight excluding hydrogens is 236 g/mol. The van der Waals surface area contributed by atoms with E-state index in [4.69, 9.17) is 0 Å². The van der Waals surface area contributed by atoms with Gasteiger partial charge < -0.3 is 0 Å². The van der Waals surface area contributed by atoms with Crippen molar-refractivity contribution in [3.63, 3.8) is 0 Å². The Bertz CT molecular complexity index is 118. The molecule has 0 heterocycles. The molecule has 0 atom stereocenters. The molecule has 0 amide bonds. The van der Waals surface area contributed by atoms with Gasteiger partial charge in [0.05, 0.1) is 0 Å². The van der Waals surface area contributed by atoms with Crippen molar-refractivity contribution in [2.45, 2.75) is 97.3 Å². The first-order chi connectivity index (χ1) is 8.91. The molecule has 0 aliphatic rings. The van der Waals surface area contributed by atoms with Gasteiger partial charge in [0.2, 0.25) is 0 Å². The lowest BCUT2D eigenvalue weighted by molar-refractivity contribution is 0.576. The van der Waals surface area contributed by atoms with Gasteiger partial charge in [-0.3, -0.25) is 0 Å². The minimum Gasteiger partial charge on any atom is -0.157 e. The molecule has 0 aliphatic carbocycles. The third-order valence-electron chi connectivity index (χ3n) is 3.41. The third-order valence-corrected chi connectivity index (χ3v) is 4.40. The number of thioether (sulfide) groups is 1. The average molecular weight is 272 g/mol. The predicted molar refractivity (Wildman–Crippen MR) is 88.1 cm³/mol. The van der Waals surface area contributed by atoms with Gasteiger partial charge in [-0.05, 0) is 18.6 Å². The van der Waals surface area contributed by atoms with E-state index >= 15 is 0 Å². The van der Waals surface area contributed by atoms with Crippen molar-refractivity contribution in [3.05, 3.63) is 5.75 Å². The molecule has 0 aliphatic heterocycles. The second-order valence-corrected chi connectivity index (χ2v) is 6.44. The number of hydrogen-bond donors (Lipinski definition) is 0. The quantitative estimate of drug-likeness (QED) is 0.289. The summed E-state index contributed by atoms with van der Waals surface area (Å²) < 4.78 is 0. The van der Waals surface area contributed by atoms with E-state index in [2.05, 4.69) is 31.4 Å². The summed E-state index contributed by atoms with van der Waals surface area (Å²) in [5.74, 6) is 3.79. The molecule has 0 aromatic heterocycles. The first kappa shape index (κ1) is 18.4. The first-order valence-electron chi connectivity index (χ1n) is 8.35. The van der Waals surface area contributed by atoms with E-state index in [1.165, 1.54) is 89.2 Å². The number of unbranched alkanes of at least 4 members (excludes halogenated alkanes) is 11. The highest BCUT2D eigenvalue weighted by Crippen LogP contribution is 2.16. The fraction of sp³-hybridized carbons (Fsp3) is 0.941. The second kappa shape index (κ2) is 17.4. The van der Waals surface area contributed by atoms with E-state index < -0.39 is 0 Å². The van der Waals surface area contributed by atoms with Crippen LogP contribution in [0.25, 0.3) is 0 Å². The van der Waals surface area contributed by atoms with Crippen molar-refractivity contribution in [2.75, 3.05) is 5.75 Å². The zero-order valence-corrected chi connectivity index (χ0v) is 13.7. The SMILES string of the molecule is CCCCCCCCCC[CH]SCCCCCC. The van der Waals surface area contributed by atoms with Crippen LogP contribution in [0, 0.1) is 5.75 Å². The molecule has 0 nitrogen and oxygen atoms in total. The molecule has 109 valence electrons. The Hall–Kier alpha value is 0.350. The molecule has 0 fully saturated rings. The number of rotatable bonds is 15. The summed E-state index contributed by atoms with van der Waals surface area (Å²) in [7, 11) is 0. The van der Waals surface area contributed by atoms with E-state index in [0.717, 1.165) is 0 Å². The van der Waals surface area contributed by atoms with Crippen LogP contribution < -0.4 is 0 Å². The van der Waals surface area contributed by atoms with E-state index in [1.54, 1.807) is 0 Å². The zero-order chi connectivity index (χ0) is 13.3. The van der Waals surface area contributed by atoms with Crippen molar-refractivity contribution in [1.82, 2.24) is 0 Å². The van der Waals surface area contributed by atoms with Gasteiger partial charge in [0.15, 0.2) is 0 Å². The zero-order valence-electron chi connectivity index (χ0n) is 12.9. The highest BCUT2D eigenvalue weighted by atomic mass is 32.2. The van der Waals surface area contributed by atoms with Crippen LogP contribution in [0.5, 0.6) is 0 Å². The van der Waals surface area contributed by atoms with Crippen molar-refractivity contribution in [2.24, 2.45) is 0 Å². The molecule has 18 heavy (non-hydrogen) atoms. The van der Waals surface area contributed by atoms with Crippen LogP contribution in [0.4, 0.5) is 0 Å². The van der Waals surface area contributed by atoms with Crippen molar-refractivity contribution in [1.29, 1.82) is 0 Å². The van der Waals surface area contributed by atoms with Crippen LogP contribution in [0.1, 0.15) is 97.3 Å². The Labute approximate surface area is 121 Å². The lowest BCUT2D eigenvalue weighted by Crippen LogP contribution is -1.83. The molecule has 0 N–H and O–H groups in total. The standard InChI is InChI=1S/C17H35S/c1-3-5-7-9-10-11-12-13-15-17-18-16-14-8-6-4-2/h17H,3-16H2,1-2H3. The van der Waals surface area contributed by atoms with E-state index in [-0.39, 0.29) is 0 Å². The van der Waals surface area contributed by atoms with Gasteiger partial charge in [-0.25, -0.2) is 0 Å². The summed E-state index contributed by atoms with van der Waals surface area (Å²) in [6.07, 6.45) is 18.4. The summed E-state index contributed by atoms with van der Waals surface area (Å²) in [6.45, 7) is 4.57.